The molecule has 0 atom stereocenters. The van der Waals surface area contributed by atoms with Crippen molar-refractivity contribution >= 4 is 17.2 Å². The van der Waals surface area contributed by atoms with Gasteiger partial charge in [0.05, 0.1) is 0 Å². The monoisotopic (exact) mass is 219 g/mol. The first-order chi connectivity index (χ1) is 7.08. The van der Waals surface area contributed by atoms with Gasteiger partial charge in [-0.15, -0.1) is 11.3 Å². The first kappa shape index (κ1) is 10.1. The molecule has 4 heteroatoms. The van der Waals surface area contributed by atoms with E-state index >= 15 is 0 Å². The molecule has 3 nitrogen and oxygen atoms in total. The molecule has 0 aliphatic carbocycles. The number of nitrogen functional groups attached to an aromatic ring is 1. The summed E-state index contributed by atoms with van der Waals surface area (Å²) >= 11 is 1.59. The third-order valence-corrected chi connectivity index (χ3v) is 3.24. The quantitative estimate of drug-likeness (QED) is 0.802. The molecule has 0 radical (unpaired) electrons. The smallest absolute Gasteiger partial charge is 0.144 e. The van der Waals surface area contributed by atoms with Crippen molar-refractivity contribution in [3.63, 3.8) is 0 Å². The van der Waals surface area contributed by atoms with E-state index in [0.29, 0.717) is 5.82 Å². The summed E-state index contributed by atoms with van der Waals surface area (Å²) in [5, 5.41) is 0.905. The molecular weight excluding hydrogens is 206 g/mol. The fraction of sp³-hybridized carbons (Fsp3) is 0.273. The molecular formula is C11H13N3S. The second-order valence-electron chi connectivity index (χ2n) is 3.64. The van der Waals surface area contributed by atoms with Crippen molar-refractivity contribution in [3.05, 3.63) is 28.3 Å². The van der Waals surface area contributed by atoms with Crippen molar-refractivity contribution < 1.29 is 0 Å². The van der Waals surface area contributed by atoms with Gasteiger partial charge >= 0.3 is 0 Å². The van der Waals surface area contributed by atoms with Crippen LogP contribution >= 0.6 is 11.3 Å². The highest BCUT2D eigenvalue weighted by atomic mass is 32.1. The molecule has 2 aromatic rings. The molecule has 0 aromatic carbocycles. The molecule has 0 aliphatic rings. The summed E-state index contributed by atoms with van der Waals surface area (Å²) in [6, 6.07) is 2.11. The van der Waals surface area contributed by atoms with Crippen LogP contribution in [0.2, 0.25) is 0 Å². The highest BCUT2D eigenvalue weighted by Gasteiger charge is 2.10. The number of aromatic nitrogens is 2. The standard InChI is InChI=1S/C11H13N3S/c1-6-4-7(2)9(13-5-6)11-14-10(12)8(3)15-11/h4-5H,12H2,1-3H3. The lowest BCUT2D eigenvalue weighted by Crippen LogP contribution is -1.90. The average Bonchev–Trinajstić information content (AvgIpc) is 2.46. The summed E-state index contributed by atoms with van der Waals surface area (Å²) in [7, 11) is 0. The Bertz CT molecular complexity index is 483. The Hall–Kier alpha value is -1.42. The van der Waals surface area contributed by atoms with Crippen molar-refractivity contribution in [1.29, 1.82) is 0 Å². The molecule has 15 heavy (non-hydrogen) atoms. The van der Waals surface area contributed by atoms with E-state index in [1.165, 1.54) is 0 Å². The average molecular weight is 219 g/mol. The van der Waals surface area contributed by atoms with Crippen LogP contribution in [0.3, 0.4) is 0 Å². The van der Waals surface area contributed by atoms with E-state index in [1.54, 1.807) is 11.3 Å². The lowest BCUT2D eigenvalue weighted by molar-refractivity contribution is 1.21. The third-order valence-electron chi connectivity index (χ3n) is 2.25. The zero-order valence-electron chi connectivity index (χ0n) is 9.03. The molecule has 2 aromatic heterocycles. The van der Waals surface area contributed by atoms with Crippen LogP contribution in [0.5, 0.6) is 0 Å². The molecule has 2 rings (SSSR count). The van der Waals surface area contributed by atoms with Gasteiger partial charge in [0, 0.05) is 11.1 Å². The molecule has 0 spiro atoms. The lowest BCUT2D eigenvalue weighted by atomic mass is 10.2. The number of aryl methyl sites for hydroxylation is 3. The van der Waals surface area contributed by atoms with Gasteiger partial charge in [0.25, 0.3) is 0 Å². The van der Waals surface area contributed by atoms with Crippen LogP contribution in [0.25, 0.3) is 10.7 Å². The summed E-state index contributed by atoms with van der Waals surface area (Å²) in [5.74, 6) is 0.608. The number of hydrogen-bond donors (Lipinski definition) is 1. The van der Waals surface area contributed by atoms with Crippen molar-refractivity contribution in [1.82, 2.24) is 9.97 Å². The normalized spacial score (nSPS) is 10.6. The number of rotatable bonds is 1. The summed E-state index contributed by atoms with van der Waals surface area (Å²) in [6.45, 7) is 6.05. The summed E-state index contributed by atoms with van der Waals surface area (Å²) in [5.41, 5.74) is 8.97. The first-order valence-electron chi connectivity index (χ1n) is 4.74. The van der Waals surface area contributed by atoms with Gasteiger partial charge < -0.3 is 5.73 Å². The van der Waals surface area contributed by atoms with E-state index in [4.69, 9.17) is 5.73 Å². The van der Waals surface area contributed by atoms with Gasteiger partial charge in [0.2, 0.25) is 0 Å². The molecule has 78 valence electrons. The minimum Gasteiger partial charge on any atom is -0.383 e. The Balaban J connectivity index is 2.54. The number of anilines is 1. The van der Waals surface area contributed by atoms with Crippen molar-refractivity contribution in [2.75, 3.05) is 5.73 Å². The summed E-state index contributed by atoms with van der Waals surface area (Å²) < 4.78 is 0. The minimum absolute atomic E-state index is 0.608. The van der Waals surface area contributed by atoms with E-state index < -0.39 is 0 Å². The third kappa shape index (κ3) is 1.85. The number of thiazole rings is 1. The van der Waals surface area contributed by atoms with Crippen LogP contribution in [-0.2, 0) is 0 Å². The Kier molecular flexibility index (Phi) is 2.44. The van der Waals surface area contributed by atoms with E-state index in [9.17, 15) is 0 Å². The van der Waals surface area contributed by atoms with Gasteiger partial charge in [-0.05, 0) is 31.9 Å². The van der Waals surface area contributed by atoms with Gasteiger partial charge in [-0.3, -0.25) is 4.98 Å². The molecule has 0 saturated carbocycles. The van der Waals surface area contributed by atoms with E-state index in [2.05, 4.69) is 16.0 Å². The molecule has 2 heterocycles. The van der Waals surface area contributed by atoms with Gasteiger partial charge in [0.1, 0.15) is 16.5 Å². The fourth-order valence-corrected chi connectivity index (χ4v) is 2.34. The number of hydrogen-bond acceptors (Lipinski definition) is 4. The molecule has 0 fully saturated rings. The minimum atomic E-state index is 0.608. The van der Waals surface area contributed by atoms with Crippen LogP contribution in [0.4, 0.5) is 5.82 Å². The molecule has 0 amide bonds. The van der Waals surface area contributed by atoms with E-state index in [0.717, 1.165) is 26.7 Å². The van der Waals surface area contributed by atoms with Crippen molar-refractivity contribution in [2.24, 2.45) is 0 Å². The van der Waals surface area contributed by atoms with Gasteiger partial charge in [-0.1, -0.05) is 6.07 Å². The molecule has 0 aliphatic heterocycles. The van der Waals surface area contributed by atoms with E-state index in [-0.39, 0.29) is 0 Å². The maximum atomic E-state index is 5.73. The Morgan fingerprint density at radius 2 is 2.00 bits per heavy atom. The molecule has 0 unspecified atom stereocenters. The fourth-order valence-electron chi connectivity index (χ4n) is 1.45. The largest absolute Gasteiger partial charge is 0.383 e. The lowest BCUT2D eigenvalue weighted by Gasteiger charge is -2.01. The first-order valence-corrected chi connectivity index (χ1v) is 5.56. The van der Waals surface area contributed by atoms with Crippen molar-refractivity contribution in [2.45, 2.75) is 20.8 Å². The van der Waals surface area contributed by atoms with Crippen LogP contribution < -0.4 is 5.73 Å². The van der Waals surface area contributed by atoms with Crippen LogP contribution in [0.15, 0.2) is 12.3 Å². The zero-order valence-corrected chi connectivity index (χ0v) is 9.85. The maximum Gasteiger partial charge on any atom is 0.144 e. The SMILES string of the molecule is Cc1cnc(-c2nc(N)c(C)s2)c(C)c1. The van der Waals surface area contributed by atoms with Gasteiger partial charge in [-0.25, -0.2) is 4.98 Å². The molecule has 2 N–H and O–H groups in total. The number of nitrogens with two attached hydrogens (primary N) is 1. The van der Waals surface area contributed by atoms with Crippen LogP contribution in [0, 0.1) is 20.8 Å². The number of pyridine rings is 1. The Labute approximate surface area is 93.0 Å². The number of nitrogens with zero attached hydrogens (tertiary/aromatic N) is 2. The van der Waals surface area contributed by atoms with Gasteiger partial charge in [-0.2, -0.15) is 0 Å². The summed E-state index contributed by atoms with van der Waals surface area (Å²) in [4.78, 5) is 9.75. The molecule has 0 bridgehead atoms. The van der Waals surface area contributed by atoms with Crippen LogP contribution in [-0.4, -0.2) is 9.97 Å². The molecule has 0 saturated heterocycles. The highest BCUT2D eigenvalue weighted by molar-refractivity contribution is 7.15. The van der Waals surface area contributed by atoms with Gasteiger partial charge in [0.15, 0.2) is 0 Å². The van der Waals surface area contributed by atoms with E-state index in [1.807, 2.05) is 27.0 Å². The second kappa shape index (κ2) is 3.62. The predicted octanol–water partition coefficient (Wildman–Crippen LogP) is 2.71. The summed E-state index contributed by atoms with van der Waals surface area (Å²) in [6.07, 6.45) is 1.86. The Morgan fingerprint density at radius 3 is 2.53 bits per heavy atom. The predicted molar refractivity (Wildman–Crippen MR) is 64.0 cm³/mol. The maximum absolute atomic E-state index is 5.73. The van der Waals surface area contributed by atoms with Crippen molar-refractivity contribution in [3.8, 4) is 10.7 Å². The zero-order chi connectivity index (χ0) is 11.0. The topological polar surface area (TPSA) is 51.8 Å². The Morgan fingerprint density at radius 1 is 1.27 bits per heavy atom. The van der Waals surface area contributed by atoms with Crippen LogP contribution in [0.1, 0.15) is 16.0 Å². The second-order valence-corrected chi connectivity index (χ2v) is 4.84. The highest BCUT2D eigenvalue weighted by Crippen LogP contribution is 2.29.